The zero-order valence-electron chi connectivity index (χ0n) is 9.74. The molecule has 1 aromatic carbocycles. The maximum Gasteiger partial charge on any atom is 0.269 e. The monoisotopic (exact) mass is 259 g/mol. The Hall–Kier alpha value is -2.77. The summed E-state index contributed by atoms with van der Waals surface area (Å²) in [4.78, 5) is 22.3. The zero-order valence-corrected chi connectivity index (χ0v) is 9.74. The third kappa shape index (κ3) is 1.82. The molecule has 8 heteroatoms. The van der Waals surface area contributed by atoms with Gasteiger partial charge in [-0.05, 0) is 12.1 Å². The second kappa shape index (κ2) is 4.16. The number of nitro groups is 1. The number of nitrogens with one attached hydrogen (secondary N) is 1. The van der Waals surface area contributed by atoms with Gasteiger partial charge in [-0.1, -0.05) is 5.21 Å². The van der Waals surface area contributed by atoms with Crippen LogP contribution < -0.4 is 5.32 Å². The van der Waals surface area contributed by atoms with Gasteiger partial charge >= 0.3 is 0 Å². The number of nitro benzene ring substituents is 1. The largest absolute Gasteiger partial charge is 0.366 e. The number of aromatic nitrogens is 3. The molecule has 0 unspecified atom stereocenters. The summed E-state index contributed by atoms with van der Waals surface area (Å²) in [5.74, 6) is 0.300. The summed E-state index contributed by atoms with van der Waals surface area (Å²) in [5.41, 5.74) is 0.539. The van der Waals surface area contributed by atoms with Gasteiger partial charge in [0.2, 0.25) is 5.78 Å². The normalized spacial score (nSPS) is 12.8. The number of hydrogen-bond donors (Lipinski definition) is 1. The number of anilines is 1. The molecule has 8 nitrogen and oxygen atoms in total. The van der Waals surface area contributed by atoms with Gasteiger partial charge in [-0.2, -0.15) is 0 Å². The van der Waals surface area contributed by atoms with Crippen LogP contribution in [-0.4, -0.2) is 32.2 Å². The van der Waals surface area contributed by atoms with Crippen molar-refractivity contribution in [3.05, 3.63) is 45.6 Å². The van der Waals surface area contributed by atoms with Gasteiger partial charge < -0.3 is 5.32 Å². The fourth-order valence-corrected chi connectivity index (χ4v) is 1.95. The van der Waals surface area contributed by atoms with E-state index in [1.807, 2.05) is 0 Å². The van der Waals surface area contributed by atoms with E-state index in [4.69, 9.17) is 0 Å². The summed E-state index contributed by atoms with van der Waals surface area (Å²) in [5, 5.41) is 21.3. The van der Waals surface area contributed by atoms with E-state index in [1.165, 1.54) is 24.3 Å². The Morgan fingerprint density at radius 2 is 2.11 bits per heavy atom. The predicted molar refractivity (Wildman–Crippen MR) is 65.0 cm³/mol. The summed E-state index contributed by atoms with van der Waals surface area (Å²) in [7, 11) is 0. The number of non-ortho nitro benzene ring substituents is 1. The van der Waals surface area contributed by atoms with Crippen LogP contribution >= 0.6 is 0 Å². The smallest absolute Gasteiger partial charge is 0.269 e. The predicted octanol–water partition coefficient (Wildman–Crippen LogP) is 0.843. The first-order chi connectivity index (χ1) is 9.16. The van der Waals surface area contributed by atoms with E-state index in [2.05, 4.69) is 15.6 Å². The molecule has 96 valence electrons. The van der Waals surface area contributed by atoms with Crippen molar-refractivity contribution in [1.82, 2.24) is 15.0 Å². The molecule has 2 heterocycles. The topological polar surface area (TPSA) is 103 Å². The summed E-state index contributed by atoms with van der Waals surface area (Å²) >= 11 is 0. The zero-order chi connectivity index (χ0) is 13.4. The minimum Gasteiger partial charge on any atom is -0.366 e. The molecule has 0 amide bonds. The van der Waals surface area contributed by atoms with E-state index >= 15 is 0 Å². The molecule has 0 fully saturated rings. The molecule has 19 heavy (non-hydrogen) atoms. The lowest BCUT2D eigenvalue weighted by atomic mass is 10.1. The lowest BCUT2D eigenvalue weighted by molar-refractivity contribution is -0.384. The fraction of sp³-hybridized carbons (Fsp3) is 0.182. The number of rotatable bonds is 3. The maximum absolute atomic E-state index is 12.2. The highest BCUT2D eigenvalue weighted by Crippen LogP contribution is 2.21. The highest BCUT2D eigenvalue weighted by molar-refractivity contribution is 6.10. The average molecular weight is 259 g/mol. The van der Waals surface area contributed by atoms with Crippen LogP contribution in [0.2, 0.25) is 0 Å². The van der Waals surface area contributed by atoms with Gasteiger partial charge in [-0.25, -0.2) is 4.68 Å². The number of carbonyl (C=O) groups is 1. The summed E-state index contributed by atoms with van der Waals surface area (Å²) in [6.07, 6.45) is 0. The molecule has 0 saturated carbocycles. The van der Waals surface area contributed by atoms with Gasteiger partial charge in [-0.3, -0.25) is 14.9 Å². The van der Waals surface area contributed by atoms with E-state index in [1.54, 1.807) is 4.68 Å². The van der Waals surface area contributed by atoms with Crippen LogP contribution in [0, 0.1) is 10.1 Å². The molecule has 0 saturated heterocycles. The molecule has 1 N–H and O–H groups in total. The molecule has 3 rings (SSSR count). The van der Waals surface area contributed by atoms with Crippen molar-refractivity contribution in [3.8, 4) is 0 Å². The number of nitrogens with zero attached hydrogens (tertiary/aromatic N) is 4. The highest BCUT2D eigenvalue weighted by atomic mass is 16.6. The van der Waals surface area contributed by atoms with Crippen LogP contribution in [0.3, 0.4) is 0 Å². The van der Waals surface area contributed by atoms with Crippen molar-refractivity contribution in [1.29, 1.82) is 0 Å². The SMILES string of the molecule is O=C(c1ccc([N+](=O)[O-])cc1)c1nnn2c1NCC2. The molecule has 0 spiro atoms. The van der Waals surface area contributed by atoms with Crippen LogP contribution in [0.25, 0.3) is 0 Å². The Labute approximate surface area is 107 Å². The van der Waals surface area contributed by atoms with Gasteiger partial charge in [0.25, 0.3) is 5.69 Å². The second-order valence-corrected chi connectivity index (χ2v) is 4.07. The molecular weight excluding hydrogens is 250 g/mol. The summed E-state index contributed by atoms with van der Waals surface area (Å²) < 4.78 is 1.62. The quantitative estimate of drug-likeness (QED) is 0.497. The first-order valence-corrected chi connectivity index (χ1v) is 5.63. The molecule has 1 aromatic heterocycles. The Kier molecular flexibility index (Phi) is 2.48. The van der Waals surface area contributed by atoms with E-state index in [0.717, 1.165) is 0 Å². The number of hydrogen-bond acceptors (Lipinski definition) is 6. The molecule has 0 bridgehead atoms. The van der Waals surface area contributed by atoms with Gasteiger partial charge in [0.15, 0.2) is 11.5 Å². The molecule has 0 aliphatic carbocycles. The van der Waals surface area contributed by atoms with Crippen molar-refractivity contribution in [2.24, 2.45) is 0 Å². The maximum atomic E-state index is 12.2. The third-order valence-corrected chi connectivity index (χ3v) is 2.91. The number of ketones is 1. The molecule has 0 atom stereocenters. The molecular formula is C11H9N5O3. The summed E-state index contributed by atoms with van der Waals surface area (Å²) in [6.45, 7) is 1.39. The first-order valence-electron chi connectivity index (χ1n) is 5.63. The van der Waals surface area contributed by atoms with Gasteiger partial charge in [-0.15, -0.1) is 5.10 Å². The minimum atomic E-state index is -0.508. The Bertz CT molecular complexity index is 661. The van der Waals surface area contributed by atoms with E-state index in [0.29, 0.717) is 24.5 Å². The standard InChI is InChI=1S/C11H9N5O3/c17-10(7-1-3-8(4-2-7)16(18)19)9-11-12-5-6-15(11)14-13-9/h1-4,12H,5-6H2. The van der Waals surface area contributed by atoms with Crippen molar-refractivity contribution in [3.63, 3.8) is 0 Å². The molecule has 0 radical (unpaired) electrons. The fourth-order valence-electron chi connectivity index (χ4n) is 1.95. The molecule has 1 aliphatic rings. The average Bonchev–Trinajstić information content (AvgIpc) is 3.00. The lowest BCUT2D eigenvalue weighted by Crippen LogP contribution is -2.06. The summed E-state index contributed by atoms with van der Waals surface area (Å²) in [6, 6.07) is 5.43. The van der Waals surface area contributed by atoms with Gasteiger partial charge in [0, 0.05) is 24.2 Å². The molecule has 2 aromatic rings. The van der Waals surface area contributed by atoms with Crippen molar-refractivity contribution >= 4 is 17.3 Å². The van der Waals surface area contributed by atoms with Crippen LogP contribution in [0.5, 0.6) is 0 Å². The van der Waals surface area contributed by atoms with Crippen LogP contribution in [-0.2, 0) is 6.54 Å². The van der Waals surface area contributed by atoms with Crippen molar-refractivity contribution in [2.75, 3.05) is 11.9 Å². The van der Waals surface area contributed by atoms with Crippen molar-refractivity contribution < 1.29 is 9.72 Å². The number of benzene rings is 1. The lowest BCUT2D eigenvalue weighted by Gasteiger charge is -1.99. The van der Waals surface area contributed by atoms with Gasteiger partial charge in [0.05, 0.1) is 11.5 Å². The number of fused-ring (bicyclic) bond motifs is 1. The van der Waals surface area contributed by atoms with Crippen molar-refractivity contribution in [2.45, 2.75) is 6.54 Å². The third-order valence-electron chi connectivity index (χ3n) is 2.91. The molecule has 1 aliphatic heterocycles. The minimum absolute atomic E-state index is 0.0529. The first kappa shape index (κ1) is 11.3. The Morgan fingerprint density at radius 3 is 2.79 bits per heavy atom. The van der Waals surface area contributed by atoms with E-state index in [-0.39, 0.29) is 17.2 Å². The Balaban J connectivity index is 1.93. The van der Waals surface area contributed by atoms with Crippen LogP contribution in [0.15, 0.2) is 24.3 Å². The van der Waals surface area contributed by atoms with Gasteiger partial charge in [0.1, 0.15) is 0 Å². The number of carbonyl (C=O) groups excluding carboxylic acids is 1. The van der Waals surface area contributed by atoms with E-state index in [9.17, 15) is 14.9 Å². The Morgan fingerprint density at radius 1 is 1.37 bits per heavy atom. The van der Waals surface area contributed by atoms with Crippen LogP contribution in [0.1, 0.15) is 16.1 Å². The van der Waals surface area contributed by atoms with Crippen LogP contribution in [0.4, 0.5) is 11.5 Å². The highest BCUT2D eigenvalue weighted by Gasteiger charge is 2.24. The second-order valence-electron chi connectivity index (χ2n) is 4.07. The van der Waals surface area contributed by atoms with E-state index < -0.39 is 4.92 Å².